The molecule has 20 heavy (non-hydrogen) atoms. The van der Waals surface area contributed by atoms with Crippen LogP contribution in [0.25, 0.3) is 0 Å². The highest BCUT2D eigenvalue weighted by Crippen LogP contribution is 2.25. The number of carbonyl (C=O) groups excluding carboxylic acids is 1. The van der Waals surface area contributed by atoms with Gasteiger partial charge in [-0.1, -0.05) is 11.6 Å². The maximum Gasteiger partial charge on any atom is 0.240 e. The summed E-state index contributed by atoms with van der Waals surface area (Å²) >= 11 is 5.82. The summed E-state index contributed by atoms with van der Waals surface area (Å²) in [6, 6.07) is 2.83. The van der Waals surface area contributed by atoms with Crippen LogP contribution in [0, 0.1) is 6.92 Å². The van der Waals surface area contributed by atoms with Gasteiger partial charge in [-0.2, -0.15) is 0 Å². The van der Waals surface area contributed by atoms with Crippen molar-refractivity contribution in [3.8, 4) is 0 Å². The van der Waals surface area contributed by atoms with Crippen LogP contribution in [0.2, 0.25) is 5.02 Å². The van der Waals surface area contributed by atoms with E-state index in [-0.39, 0.29) is 28.8 Å². The summed E-state index contributed by atoms with van der Waals surface area (Å²) in [5.74, 6) is -0.157. The van der Waals surface area contributed by atoms with Crippen LogP contribution in [-0.4, -0.2) is 39.9 Å². The van der Waals surface area contributed by atoms with Crippen molar-refractivity contribution in [2.24, 2.45) is 0 Å². The van der Waals surface area contributed by atoms with Crippen LogP contribution in [-0.2, 0) is 14.8 Å². The normalized spacial score (nSPS) is 11.4. The molecule has 112 valence electrons. The van der Waals surface area contributed by atoms with Gasteiger partial charge >= 0.3 is 0 Å². The van der Waals surface area contributed by atoms with Crippen molar-refractivity contribution in [3.05, 3.63) is 22.7 Å². The Labute approximate surface area is 123 Å². The van der Waals surface area contributed by atoms with Crippen LogP contribution < -0.4 is 10.5 Å². The van der Waals surface area contributed by atoms with Gasteiger partial charge in [-0.05, 0) is 24.6 Å². The van der Waals surface area contributed by atoms with E-state index in [1.165, 1.54) is 17.0 Å². The number of nitrogen functional groups attached to an aromatic ring is 1. The third-order valence-corrected chi connectivity index (χ3v) is 4.59. The number of carbonyl (C=O) groups is 1. The molecule has 0 aliphatic heterocycles. The third-order valence-electron chi connectivity index (χ3n) is 2.78. The van der Waals surface area contributed by atoms with Gasteiger partial charge in [-0.3, -0.25) is 4.79 Å². The number of sulfonamides is 1. The van der Waals surface area contributed by atoms with Crippen molar-refractivity contribution in [1.82, 2.24) is 9.62 Å². The molecule has 0 aliphatic carbocycles. The molecule has 0 saturated carbocycles. The molecule has 0 aromatic heterocycles. The van der Waals surface area contributed by atoms with Gasteiger partial charge in [0.25, 0.3) is 0 Å². The number of benzene rings is 1. The highest BCUT2D eigenvalue weighted by molar-refractivity contribution is 7.89. The van der Waals surface area contributed by atoms with Crippen molar-refractivity contribution in [2.75, 3.05) is 26.4 Å². The topological polar surface area (TPSA) is 92.5 Å². The van der Waals surface area contributed by atoms with Crippen molar-refractivity contribution in [2.45, 2.75) is 18.2 Å². The summed E-state index contributed by atoms with van der Waals surface area (Å²) < 4.78 is 26.7. The highest BCUT2D eigenvalue weighted by Gasteiger charge is 2.19. The minimum absolute atomic E-state index is 0.0191. The molecule has 0 unspecified atom stereocenters. The molecular weight excluding hydrogens is 302 g/mol. The number of hydrogen-bond acceptors (Lipinski definition) is 4. The molecule has 0 radical (unpaired) electrons. The van der Waals surface area contributed by atoms with Gasteiger partial charge in [-0.25, -0.2) is 13.1 Å². The summed E-state index contributed by atoms with van der Waals surface area (Å²) in [5.41, 5.74) is 6.44. The second-order valence-corrected chi connectivity index (χ2v) is 6.73. The second-order valence-electron chi connectivity index (χ2n) is 4.55. The third kappa shape index (κ3) is 4.09. The molecular formula is C12H18ClN3O3S. The zero-order valence-corrected chi connectivity index (χ0v) is 13.2. The lowest BCUT2D eigenvalue weighted by Crippen LogP contribution is -2.30. The Morgan fingerprint density at radius 1 is 1.40 bits per heavy atom. The number of nitrogens with one attached hydrogen (secondary N) is 1. The molecule has 8 heteroatoms. The van der Waals surface area contributed by atoms with Crippen LogP contribution >= 0.6 is 11.6 Å². The van der Waals surface area contributed by atoms with E-state index in [4.69, 9.17) is 17.3 Å². The maximum absolute atomic E-state index is 12.2. The zero-order chi connectivity index (χ0) is 15.5. The monoisotopic (exact) mass is 319 g/mol. The van der Waals surface area contributed by atoms with Crippen LogP contribution in [0.1, 0.15) is 12.0 Å². The van der Waals surface area contributed by atoms with E-state index < -0.39 is 10.0 Å². The first kappa shape index (κ1) is 16.7. The lowest BCUT2D eigenvalue weighted by atomic mass is 10.2. The fourth-order valence-corrected chi connectivity index (χ4v) is 3.17. The van der Waals surface area contributed by atoms with Gasteiger partial charge in [0.2, 0.25) is 15.9 Å². The number of hydrogen-bond donors (Lipinski definition) is 2. The lowest BCUT2D eigenvalue weighted by molar-refractivity contribution is -0.128. The Bertz CT molecular complexity index is 615. The molecule has 0 aliphatic rings. The van der Waals surface area contributed by atoms with Gasteiger partial charge in [0, 0.05) is 37.8 Å². The lowest BCUT2D eigenvalue weighted by Gasteiger charge is -2.13. The first-order valence-electron chi connectivity index (χ1n) is 5.90. The van der Waals surface area contributed by atoms with Crippen molar-refractivity contribution in [1.29, 1.82) is 0 Å². The van der Waals surface area contributed by atoms with Crippen LogP contribution in [0.4, 0.5) is 5.69 Å². The molecule has 0 fully saturated rings. The maximum atomic E-state index is 12.2. The van der Waals surface area contributed by atoms with Crippen molar-refractivity contribution in [3.63, 3.8) is 0 Å². The average molecular weight is 320 g/mol. The minimum atomic E-state index is -3.74. The number of rotatable bonds is 5. The summed E-state index contributed by atoms with van der Waals surface area (Å²) in [6.07, 6.45) is 0.0846. The highest BCUT2D eigenvalue weighted by atomic mass is 35.5. The molecule has 6 nitrogen and oxygen atoms in total. The molecule has 1 amide bonds. The first-order chi connectivity index (χ1) is 9.15. The summed E-state index contributed by atoms with van der Waals surface area (Å²) in [5, 5.41) is 0.248. The molecule has 3 N–H and O–H groups in total. The van der Waals surface area contributed by atoms with Gasteiger partial charge in [0.1, 0.15) is 0 Å². The smallest absolute Gasteiger partial charge is 0.240 e. The number of nitrogens with two attached hydrogens (primary N) is 1. The fraction of sp³-hybridized carbons (Fsp3) is 0.417. The zero-order valence-electron chi connectivity index (χ0n) is 11.6. The Hall–Kier alpha value is -1.31. The largest absolute Gasteiger partial charge is 0.398 e. The van der Waals surface area contributed by atoms with Crippen LogP contribution in [0.5, 0.6) is 0 Å². The average Bonchev–Trinajstić information content (AvgIpc) is 2.33. The standard InChI is InChI=1S/C12H18ClN3O3S/c1-8-10(14)6-9(13)7-11(8)20(18,19)15-5-4-12(17)16(2)3/h6-7,15H,4-5,14H2,1-3H3. The Morgan fingerprint density at radius 3 is 2.55 bits per heavy atom. The van der Waals surface area contributed by atoms with E-state index in [0.717, 1.165) is 0 Å². The molecule has 0 heterocycles. The van der Waals surface area contributed by atoms with Gasteiger partial charge < -0.3 is 10.6 Å². The number of halogens is 1. The van der Waals surface area contributed by atoms with E-state index in [1.807, 2.05) is 0 Å². The van der Waals surface area contributed by atoms with Crippen molar-refractivity contribution >= 4 is 33.2 Å². The molecule has 1 aromatic carbocycles. The number of anilines is 1. The quantitative estimate of drug-likeness (QED) is 0.791. The SMILES string of the molecule is Cc1c(N)cc(Cl)cc1S(=O)(=O)NCCC(=O)N(C)C. The predicted octanol–water partition coefficient (Wildman–Crippen LogP) is 0.987. The predicted molar refractivity (Wildman–Crippen MR) is 79.1 cm³/mol. The Morgan fingerprint density at radius 2 is 2.00 bits per heavy atom. The summed E-state index contributed by atoms with van der Waals surface area (Å²) in [6.45, 7) is 1.62. The number of amides is 1. The molecule has 1 rings (SSSR count). The van der Waals surface area contributed by atoms with Gasteiger partial charge in [0.05, 0.1) is 4.90 Å². The molecule has 0 spiro atoms. The first-order valence-corrected chi connectivity index (χ1v) is 7.76. The summed E-state index contributed by atoms with van der Waals surface area (Å²) in [7, 11) is -0.523. The summed E-state index contributed by atoms with van der Waals surface area (Å²) in [4.78, 5) is 12.8. The Balaban J connectivity index is 2.88. The van der Waals surface area contributed by atoms with E-state index in [9.17, 15) is 13.2 Å². The van der Waals surface area contributed by atoms with Crippen LogP contribution in [0.15, 0.2) is 17.0 Å². The molecule has 0 atom stereocenters. The second kappa shape index (κ2) is 6.43. The molecule has 0 bridgehead atoms. The van der Waals surface area contributed by atoms with E-state index in [0.29, 0.717) is 11.3 Å². The fourth-order valence-electron chi connectivity index (χ4n) is 1.55. The van der Waals surface area contributed by atoms with E-state index >= 15 is 0 Å². The van der Waals surface area contributed by atoms with Crippen molar-refractivity contribution < 1.29 is 13.2 Å². The molecule has 1 aromatic rings. The van der Waals surface area contributed by atoms with Crippen LogP contribution in [0.3, 0.4) is 0 Å². The van der Waals surface area contributed by atoms with Gasteiger partial charge in [-0.15, -0.1) is 0 Å². The van der Waals surface area contributed by atoms with Gasteiger partial charge in [0.15, 0.2) is 0 Å². The molecule has 0 saturated heterocycles. The Kier molecular flexibility index (Phi) is 5.38. The van der Waals surface area contributed by atoms with E-state index in [2.05, 4.69) is 4.72 Å². The minimum Gasteiger partial charge on any atom is -0.398 e. The number of nitrogens with zero attached hydrogens (tertiary/aromatic N) is 1. The van der Waals surface area contributed by atoms with E-state index in [1.54, 1.807) is 21.0 Å².